The lowest BCUT2D eigenvalue weighted by atomic mass is 10.2. The SMILES string of the molecule is NC(=O)c1ccc(C(F)(F)F)nc1Sc1ccc(N)cc1. The molecule has 0 atom stereocenters. The third kappa shape index (κ3) is 3.66. The summed E-state index contributed by atoms with van der Waals surface area (Å²) in [5, 5.41) is -0.0953. The summed E-state index contributed by atoms with van der Waals surface area (Å²) in [4.78, 5) is 15.4. The topological polar surface area (TPSA) is 82.0 Å². The van der Waals surface area contributed by atoms with E-state index in [0.717, 1.165) is 23.9 Å². The Morgan fingerprint density at radius 2 is 1.71 bits per heavy atom. The zero-order valence-electron chi connectivity index (χ0n) is 10.5. The first-order valence-electron chi connectivity index (χ1n) is 5.69. The third-order valence-corrected chi connectivity index (χ3v) is 3.52. The molecule has 0 spiro atoms. The number of carbonyl (C=O) groups is 1. The van der Waals surface area contributed by atoms with Crippen LogP contribution >= 0.6 is 11.8 Å². The van der Waals surface area contributed by atoms with E-state index in [9.17, 15) is 18.0 Å². The Labute approximate surface area is 122 Å². The number of alkyl halides is 3. The Balaban J connectivity index is 2.43. The van der Waals surface area contributed by atoms with E-state index in [-0.39, 0.29) is 10.6 Å². The molecule has 1 amide bonds. The van der Waals surface area contributed by atoms with Crippen LogP contribution in [0.15, 0.2) is 46.3 Å². The largest absolute Gasteiger partial charge is 0.433 e. The molecule has 8 heteroatoms. The van der Waals surface area contributed by atoms with Gasteiger partial charge in [-0.05, 0) is 36.4 Å². The second-order valence-electron chi connectivity index (χ2n) is 4.08. The maximum Gasteiger partial charge on any atom is 0.433 e. The predicted molar refractivity (Wildman–Crippen MR) is 72.7 cm³/mol. The second kappa shape index (κ2) is 5.65. The first kappa shape index (κ1) is 15.2. The van der Waals surface area contributed by atoms with Gasteiger partial charge in [0.05, 0.1) is 5.56 Å². The highest BCUT2D eigenvalue weighted by Crippen LogP contribution is 2.33. The number of hydrogen-bond acceptors (Lipinski definition) is 4. The van der Waals surface area contributed by atoms with Crippen molar-refractivity contribution in [3.8, 4) is 0 Å². The van der Waals surface area contributed by atoms with Crippen molar-refractivity contribution in [2.75, 3.05) is 5.73 Å². The Morgan fingerprint density at radius 3 is 2.24 bits per heavy atom. The number of pyridine rings is 1. The molecule has 1 aromatic carbocycles. The van der Waals surface area contributed by atoms with Gasteiger partial charge in [0.15, 0.2) is 0 Å². The minimum atomic E-state index is -4.59. The lowest BCUT2D eigenvalue weighted by molar-refractivity contribution is -0.141. The van der Waals surface area contributed by atoms with Crippen LogP contribution in [0.2, 0.25) is 0 Å². The number of hydrogen-bond donors (Lipinski definition) is 2. The van der Waals surface area contributed by atoms with Gasteiger partial charge in [0.25, 0.3) is 5.91 Å². The highest BCUT2D eigenvalue weighted by molar-refractivity contribution is 7.99. The van der Waals surface area contributed by atoms with Crippen LogP contribution in [0.25, 0.3) is 0 Å². The van der Waals surface area contributed by atoms with Gasteiger partial charge in [0, 0.05) is 10.6 Å². The molecule has 0 aliphatic rings. The third-order valence-electron chi connectivity index (χ3n) is 2.51. The van der Waals surface area contributed by atoms with E-state index in [2.05, 4.69) is 4.98 Å². The van der Waals surface area contributed by atoms with E-state index < -0.39 is 17.8 Å². The minimum Gasteiger partial charge on any atom is -0.399 e. The summed E-state index contributed by atoms with van der Waals surface area (Å²) < 4.78 is 38.1. The van der Waals surface area contributed by atoms with Crippen LogP contribution < -0.4 is 11.5 Å². The van der Waals surface area contributed by atoms with Crippen LogP contribution in [0.5, 0.6) is 0 Å². The monoisotopic (exact) mass is 313 g/mol. The number of benzene rings is 1. The summed E-state index contributed by atoms with van der Waals surface area (Å²) >= 11 is 0.914. The van der Waals surface area contributed by atoms with Crippen molar-refractivity contribution < 1.29 is 18.0 Å². The zero-order chi connectivity index (χ0) is 15.6. The summed E-state index contributed by atoms with van der Waals surface area (Å²) in [5.74, 6) is -0.839. The molecule has 2 rings (SSSR count). The van der Waals surface area contributed by atoms with Crippen LogP contribution in [-0.2, 0) is 6.18 Å². The van der Waals surface area contributed by atoms with Crippen LogP contribution in [0, 0.1) is 0 Å². The number of halogens is 3. The summed E-state index contributed by atoms with van der Waals surface area (Å²) in [6, 6.07) is 8.18. The molecule has 4 nitrogen and oxygen atoms in total. The van der Waals surface area contributed by atoms with Crippen molar-refractivity contribution in [2.45, 2.75) is 16.1 Å². The van der Waals surface area contributed by atoms with Crippen molar-refractivity contribution >= 4 is 23.4 Å². The van der Waals surface area contributed by atoms with Gasteiger partial charge in [-0.25, -0.2) is 4.98 Å². The average Bonchev–Trinajstić information content (AvgIpc) is 2.40. The number of rotatable bonds is 3. The van der Waals surface area contributed by atoms with Crippen molar-refractivity contribution in [3.05, 3.63) is 47.7 Å². The number of carbonyl (C=O) groups excluding carboxylic acids is 1. The molecule has 4 N–H and O–H groups in total. The fourth-order valence-corrected chi connectivity index (χ4v) is 2.43. The quantitative estimate of drug-likeness (QED) is 0.854. The van der Waals surface area contributed by atoms with E-state index in [0.29, 0.717) is 10.6 Å². The van der Waals surface area contributed by atoms with Crippen molar-refractivity contribution in [2.24, 2.45) is 5.73 Å². The highest BCUT2D eigenvalue weighted by atomic mass is 32.2. The van der Waals surface area contributed by atoms with Crippen LogP contribution in [0.4, 0.5) is 18.9 Å². The number of primary amides is 1. The maximum atomic E-state index is 12.7. The summed E-state index contributed by atoms with van der Waals surface area (Å²) in [6.45, 7) is 0. The number of aromatic nitrogens is 1. The number of nitrogens with zero attached hydrogens (tertiary/aromatic N) is 1. The molecule has 1 heterocycles. The molecule has 0 aliphatic heterocycles. The minimum absolute atomic E-state index is 0.0650. The van der Waals surface area contributed by atoms with Gasteiger partial charge in [-0.3, -0.25) is 4.79 Å². The molecular formula is C13H10F3N3OS. The molecule has 0 saturated carbocycles. The highest BCUT2D eigenvalue weighted by Gasteiger charge is 2.33. The molecule has 21 heavy (non-hydrogen) atoms. The van der Waals surface area contributed by atoms with Gasteiger partial charge in [-0.15, -0.1) is 0 Å². The molecule has 1 aromatic heterocycles. The lowest BCUT2D eigenvalue weighted by Gasteiger charge is -2.10. The Bertz CT molecular complexity index is 671. The standard InChI is InChI=1S/C13H10F3N3OS/c14-13(15,16)10-6-5-9(11(18)20)12(19-10)21-8-3-1-7(17)2-4-8/h1-6H,17H2,(H2,18,20). The first-order valence-corrected chi connectivity index (χ1v) is 6.50. The van der Waals surface area contributed by atoms with Gasteiger partial charge in [-0.1, -0.05) is 11.8 Å². The molecule has 110 valence electrons. The van der Waals surface area contributed by atoms with Crippen molar-refractivity contribution in [3.63, 3.8) is 0 Å². The van der Waals surface area contributed by atoms with Crippen LogP contribution in [0.1, 0.15) is 16.1 Å². The van der Waals surface area contributed by atoms with E-state index in [4.69, 9.17) is 11.5 Å². The maximum absolute atomic E-state index is 12.7. The number of nitrogens with two attached hydrogens (primary N) is 2. The van der Waals surface area contributed by atoms with E-state index in [1.165, 1.54) is 0 Å². The Hall–Kier alpha value is -2.22. The molecule has 0 radical (unpaired) electrons. The van der Waals surface area contributed by atoms with Crippen LogP contribution in [0.3, 0.4) is 0 Å². The Kier molecular flexibility index (Phi) is 4.08. The smallest absolute Gasteiger partial charge is 0.399 e. The van der Waals surface area contributed by atoms with Crippen molar-refractivity contribution in [1.82, 2.24) is 4.98 Å². The number of anilines is 1. The molecule has 0 fully saturated rings. The second-order valence-corrected chi connectivity index (χ2v) is 5.14. The van der Waals surface area contributed by atoms with E-state index in [1.54, 1.807) is 24.3 Å². The van der Waals surface area contributed by atoms with Crippen LogP contribution in [-0.4, -0.2) is 10.9 Å². The van der Waals surface area contributed by atoms with Gasteiger partial charge in [0.2, 0.25) is 0 Å². The summed E-state index contributed by atoms with van der Waals surface area (Å²) in [7, 11) is 0. The van der Waals surface area contributed by atoms with Gasteiger partial charge in [0.1, 0.15) is 10.7 Å². The predicted octanol–water partition coefficient (Wildman–Crippen LogP) is 2.93. The van der Waals surface area contributed by atoms with E-state index in [1.807, 2.05) is 0 Å². The summed E-state index contributed by atoms with van der Waals surface area (Å²) in [5.41, 5.74) is 10.1. The normalized spacial score (nSPS) is 11.4. The van der Waals surface area contributed by atoms with E-state index >= 15 is 0 Å². The molecule has 0 bridgehead atoms. The fourth-order valence-electron chi connectivity index (χ4n) is 1.51. The summed E-state index contributed by atoms with van der Waals surface area (Å²) in [6.07, 6.45) is -4.59. The molecule has 0 unspecified atom stereocenters. The lowest BCUT2D eigenvalue weighted by Crippen LogP contribution is -2.16. The number of nitrogen functional groups attached to an aromatic ring is 1. The van der Waals surface area contributed by atoms with Gasteiger partial charge in [-0.2, -0.15) is 13.2 Å². The Morgan fingerprint density at radius 1 is 1.10 bits per heavy atom. The van der Waals surface area contributed by atoms with Crippen molar-refractivity contribution in [1.29, 1.82) is 0 Å². The molecular weight excluding hydrogens is 303 g/mol. The zero-order valence-corrected chi connectivity index (χ0v) is 11.3. The number of amides is 1. The van der Waals surface area contributed by atoms with Gasteiger partial charge < -0.3 is 11.5 Å². The molecule has 0 aliphatic carbocycles. The molecule has 0 saturated heterocycles. The first-order chi connectivity index (χ1) is 9.77. The van der Waals surface area contributed by atoms with Gasteiger partial charge >= 0.3 is 6.18 Å². The fraction of sp³-hybridized carbons (Fsp3) is 0.0769. The molecule has 2 aromatic rings. The average molecular weight is 313 g/mol.